The Kier molecular flexibility index (Phi) is 13.0. The molecule has 0 aliphatic rings. The second-order valence-corrected chi connectivity index (χ2v) is 18.5. The van der Waals surface area contributed by atoms with Gasteiger partial charge in [0.1, 0.15) is 16.3 Å². The number of nitrogens with zero attached hydrogens (tertiary/aromatic N) is 10. The average molecular weight is 1030 g/mol. The summed E-state index contributed by atoms with van der Waals surface area (Å²) in [6, 6.07) is 33.3. The van der Waals surface area contributed by atoms with Crippen molar-refractivity contribution >= 4 is 134 Å². The Morgan fingerprint density at radius 1 is 0.493 bits per heavy atom. The van der Waals surface area contributed by atoms with E-state index in [-0.39, 0.29) is 78.7 Å². The molecule has 0 bridgehead atoms. The van der Waals surface area contributed by atoms with Gasteiger partial charge in [0.05, 0.1) is 27.6 Å². The van der Waals surface area contributed by atoms with Gasteiger partial charge in [-0.2, -0.15) is 57.0 Å². The molecule has 9 rings (SSSR count). The van der Waals surface area contributed by atoms with Crippen LogP contribution in [0.1, 0.15) is 5.56 Å². The number of hydrogen-bond donors (Lipinski definition) is 8. The van der Waals surface area contributed by atoms with Crippen LogP contribution in [0.25, 0.3) is 21.5 Å². The fourth-order valence-corrected chi connectivity index (χ4v) is 8.50. The molecule has 71 heavy (non-hydrogen) atoms. The van der Waals surface area contributed by atoms with Crippen LogP contribution in [0.4, 0.5) is 69.3 Å². The molecule has 0 aliphatic heterocycles. The third kappa shape index (κ3) is 10.9. The second-order valence-electron chi connectivity index (χ2n) is 15.0. The van der Waals surface area contributed by atoms with E-state index in [2.05, 4.69) is 71.6 Å². The van der Waals surface area contributed by atoms with Crippen LogP contribution in [-0.2, 0) is 20.2 Å². The molecule has 9 aromatic rings. The first-order valence-corrected chi connectivity index (χ1v) is 24.1. The standard InChI is InChI=1S/C45H32Cl2N14O8S2/c1-23-8-5-6-12-30(23)59-61-37-34(71(67,68)69)21-24-9-7-13-31(35(24)39(37)63)50-44-54-40(46)52-42(56-44)48-26-15-17-27(18-16-26)49-43-53-41(47)55-45(57-43)51-33-22-29(70(64,65)66)20-25-14-19-32(38(62)36(25)33)60-58-28-10-3-2-4-11-28/h2-22,62-63H,1H3,(H,64,65,66)(H,67,68,69)(H2,48,50,52,54,56)(H2,49,51,53,55,57)/b60-58+,61-59+. The molecule has 0 atom stereocenters. The van der Waals surface area contributed by atoms with E-state index >= 15 is 0 Å². The van der Waals surface area contributed by atoms with Crippen molar-refractivity contribution in [2.75, 3.05) is 21.3 Å². The minimum absolute atomic E-state index is 0.00187. The summed E-state index contributed by atoms with van der Waals surface area (Å²) in [4.78, 5) is 24.2. The lowest BCUT2D eigenvalue weighted by Gasteiger charge is -2.14. The Hall–Kier alpha value is -8.52. The number of fused-ring (bicyclic) bond motifs is 2. The number of phenols is 2. The van der Waals surface area contributed by atoms with E-state index in [1.807, 2.05) is 6.07 Å². The molecule has 0 saturated carbocycles. The third-order valence-electron chi connectivity index (χ3n) is 10.2. The number of aryl methyl sites for hydroxylation is 1. The van der Waals surface area contributed by atoms with Crippen molar-refractivity contribution in [3.8, 4) is 11.5 Å². The Morgan fingerprint density at radius 3 is 1.65 bits per heavy atom. The molecule has 0 spiro atoms. The number of azo groups is 2. The molecule has 2 aromatic heterocycles. The van der Waals surface area contributed by atoms with Gasteiger partial charge in [0.25, 0.3) is 20.2 Å². The van der Waals surface area contributed by atoms with Crippen molar-refractivity contribution in [2.24, 2.45) is 20.5 Å². The topological polar surface area (TPSA) is 324 Å². The molecule has 0 amide bonds. The highest BCUT2D eigenvalue weighted by atomic mass is 35.5. The summed E-state index contributed by atoms with van der Waals surface area (Å²) in [6.07, 6.45) is 0. The highest BCUT2D eigenvalue weighted by molar-refractivity contribution is 7.86. The van der Waals surface area contributed by atoms with E-state index in [9.17, 15) is 36.2 Å². The first kappa shape index (κ1) is 47.5. The lowest BCUT2D eigenvalue weighted by Crippen LogP contribution is -2.06. The van der Waals surface area contributed by atoms with Crippen LogP contribution in [0.2, 0.25) is 10.6 Å². The zero-order valence-electron chi connectivity index (χ0n) is 36.1. The van der Waals surface area contributed by atoms with E-state index in [1.165, 1.54) is 24.3 Å². The van der Waals surface area contributed by atoms with Crippen molar-refractivity contribution in [3.05, 3.63) is 144 Å². The lowest BCUT2D eigenvalue weighted by molar-refractivity contribution is 0.472. The first-order valence-electron chi connectivity index (χ1n) is 20.4. The van der Waals surface area contributed by atoms with Gasteiger partial charge in [0.15, 0.2) is 11.5 Å². The smallest absolute Gasteiger partial charge is 0.296 e. The summed E-state index contributed by atoms with van der Waals surface area (Å²) in [5.74, 6) is -1.24. The molecule has 7 aromatic carbocycles. The number of rotatable bonds is 14. The molecule has 0 fully saturated rings. The predicted molar refractivity (Wildman–Crippen MR) is 266 cm³/mol. The summed E-state index contributed by atoms with van der Waals surface area (Å²) in [7, 11) is -9.59. The number of anilines is 8. The number of benzene rings is 7. The van der Waals surface area contributed by atoms with Gasteiger partial charge in [0.2, 0.25) is 34.4 Å². The Morgan fingerprint density at radius 2 is 1.04 bits per heavy atom. The van der Waals surface area contributed by atoms with Crippen molar-refractivity contribution in [2.45, 2.75) is 16.7 Å². The maximum Gasteiger partial charge on any atom is 0.296 e. The van der Waals surface area contributed by atoms with Gasteiger partial charge in [-0.15, -0.1) is 10.2 Å². The highest BCUT2D eigenvalue weighted by Gasteiger charge is 2.24. The van der Waals surface area contributed by atoms with Crippen LogP contribution >= 0.6 is 23.2 Å². The van der Waals surface area contributed by atoms with Crippen molar-refractivity contribution in [3.63, 3.8) is 0 Å². The van der Waals surface area contributed by atoms with E-state index in [1.54, 1.807) is 91.9 Å². The number of aromatic hydroxyl groups is 2. The number of hydrogen-bond acceptors (Lipinski definition) is 20. The quantitative estimate of drug-likeness (QED) is 0.0370. The summed E-state index contributed by atoms with van der Waals surface area (Å²) in [5, 5.41) is 51.4. The van der Waals surface area contributed by atoms with E-state index in [4.69, 9.17) is 23.2 Å². The fraction of sp³-hybridized carbons (Fsp3) is 0.0222. The van der Waals surface area contributed by atoms with Crippen LogP contribution in [-0.4, -0.2) is 66.1 Å². The maximum atomic E-state index is 12.5. The molecular formula is C45H32Cl2N14O8S2. The zero-order valence-corrected chi connectivity index (χ0v) is 39.2. The Balaban J connectivity index is 0.945. The van der Waals surface area contributed by atoms with Gasteiger partial charge < -0.3 is 31.5 Å². The highest BCUT2D eigenvalue weighted by Crippen LogP contribution is 2.45. The minimum Gasteiger partial charge on any atom is -0.505 e. The van der Waals surface area contributed by atoms with Gasteiger partial charge in [0, 0.05) is 22.1 Å². The molecule has 2 heterocycles. The number of nitrogens with one attached hydrogen (secondary N) is 4. The van der Waals surface area contributed by atoms with Crippen LogP contribution in [0.3, 0.4) is 0 Å². The number of halogens is 2. The number of aromatic nitrogens is 6. The normalized spacial score (nSPS) is 12.0. The SMILES string of the molecule is Cc1ccccc1/N=N/c1c(S(=O)(=O)O)cc2cccc(Nc3nc(Cl)nc(Nc4ccc(Nc5nc(Cl)nc(Nc6cc(S(=O)(=O)O)cc7ccc(/N=N/c8ccccc8)c(O)c67)n5)cc4)n3)c2c1O. The van der Waals surface area contributed by atoms with Gasteiger partial charge in [-0.1, -0.05) is 54.6 Å². The summed E-state index contributed by atoms with van der Waals surface area (Å²) in [6.45, 7) is 1.78. The molecule has 0 unspecified atom stereocenters. The fourth-order valence-electron chi connectivity index (χ4n) is 6.98. The molecule has 0 radical (unpaired) electrons. The lowest BCUT2D eigenvalue weighted by atomic mass is 10.1. The summed E-state index contributed by atoms with van der Waals surface area (Å²) < 4.78 is 69.5. The van der Waals surface area contributed by atoms with E-state index < -0.39 is 41.5 Å². The van der Waals surface area contributed by atoms with E-state index in [0.29, 0.717) is 22.7 Å². The predicted octanol–water partition coefficient (Wildman–Crippen LogP) is 11.7. The third-order valence-corrected chi connectivity index (χ3v) is 12.2. The largest absolute Gasteiger partial charge is 0.505 e. The van der Waals surface area contributed by atoms with Crippen LogP contribution in [0.15, 0.2) is 158 Å². The Labute approximate surface area is 411 Å². The second kappa shape index (κ2) is 19.5. The minimum atomic E-state index is -4.88. The number of phenolic OH excluding ortho intramolecular Hbond substituents is 2. The van der Waals surface area contributed by atoms with Crippen LogP contribution < -0.4 is 21.3 Å². The molecule has 26 heteroatoms. The zero-order chi connectivity index (χ0) is 50.0. The molecule has 356 valence electrons. The van der Waals surface area contributed by atoms with E-state index in [0.717, 1.165) is 17.7 Å². The van der Waals surface area contributed by atoms with Gasteiger partial charge >= 0.3 is 0 Å². The van der Waals surface area contributed by atoms with Crippen molar-refractivity contribution in [1.82, 2.24) is 29.9 Å². The van der Waals surface area contributed by atoms with Gasteiger partial charge in [-0.25, -0.2) is 0 Å². The first-order chi connectivity index (χ1) is 33.9. The van der Waals surface area contributed by atoms with Crippen LogP contribution in [0, 0.1) is 6.92 Å². The maximum absolute atomic E-state index is 12.5. The van der Waals surface area contributed by atoms with Crippen molar-refractivity contribution < 1.29 is 36.2 Å². The van der Waals surface area contributed by atoms with Crippen molar-refractivity contribution in [1.29, 1.82) is 0 Å². The average Bonchev–Trinajstić information content (AvgIpc) is 3.31. The molecule has 22 nitrogen and oxygen atoms in total. The molecular weight excluding hydrogens is 1000 g/mol. The van der Waals surface area contributed by atoms with Crippen LogP contribution in [0.5, 0.6) is 11.5 Å². The monoisotopic (exact) mass is 1030 g/mol. The van der Waals surface area contributed by atoms with Gasteiger partial charge in [-0.3, -0.25) is 9.11 Å². The van der Waals surface area contributed by atoms with Gasteiger partial charge in [-0.05, 0) is 119 Å². The Bertz CT molecular complexity index is 3860. The summed E-state index contributed by atoms with van der Waals surface area (Å²) in [5.41, 5.74) is 2.35. The molecule has 0 saturated heterocycles. The molecule has 0 aliphatic carbocycles. The summed E-state index contributed by atoms with van der Waals surface area (Å²) >= 11 is 12.6. The molecule has 8 N–H and O–H groups in total.